The van der Waals surface area contributed by atoms with Crippen LogP contribution in [0.1, 0.15) is 23.0 Å². The van der Waals surface area contributed by atoms with Gasteiger partial charge in [0.25, 0.3) is 11.7 Å². The summed E-state index contributed by atoms with van der Waals surface area (Å²) in [6.45, 7) is 7.84. The van der Waals surface area contributed by atoms with E-state index in [9.17, 15) is 4.79 Å². The summed E-state index contributed by atoms with van der Waals surface area (Å²) in [5.41, 5.74) is 2.10. The van der Waals surface area contributed by atoms with Gasteiger partial charge in [0, 0.05) is 12.7 Å². The lowest BCUT2D eigenvalue weighted by molar-refractivity contribution is 0.0955. The number of carbonyl (C=O) groups excluding carboxylic acids is 1. The molecule has 2 heterocycles. The Morgan fingerprint density at radius 1 is 1.53 bits per heavy atom. The predicted molar refractivity (Wildman–Crippen MR) is 62.7 cm³/mol. The number of nitrogens with one attached hydrogen (secondary N) is 1. The number of aromatic nitrogens is 4. The Bertz CT molecular complexity index is 587. The van der Waals surface area contributed by atoms with Crippen molar-refractivity contribution in [2.24, 2.45) is 0 Å². The second-order valence-electron chi connectivity index (χ2n) is 3.87. The molecule has 0 radical (unpaired) electrons. The molecule has 0 bridgehead atoms. The molecular formula is C11H13N5O. The van der Waals surface area contributed by atoms with Gasteiger partial charge < -0.3 is 5.32 Å². The van der Waals surface area contributed by atoms with E-state index in [-0.39, 0.29) is 5.91 Å². The van der Waals surface area contributed by atoms with Crippen molar-refractivity contribution in [3.8, 4) is 0 Å². The monoisotopic (exact) mass is 231 g/mol. The number of hydrogen-bond acceptors (Lipinski definition) is 4. The third-order valence-electron chi connectivity index (χ3n) is 2.34. The quantitative estimate of drug-likeness (QED) is 0.791. The lowest BCUT2D eigenvalue weighted by Crippen LogP contribution is -2.26. The molecule has 17 heavy (non-hydrogen) atoms. The zero-order valence-electron chi connectivity index (χ0n) is 9.77. The average molecular weight is 231 g/mol. The lowest BCUT2D eigenvalue weighted by atomic mass is 10.2. The highest BCUT2D eigenvalue weighted by Crippen LogP contribution is 2.07. The van der Waals surface area contributed by atoms with E-state index < -0.39 is 0 Å². The summed E-state index contributed by atoms with van der Waals surface area (Å²) in [7, 11) is 0. The second kappa shape index (κ2) is 4.32. The fraction of sp³-hybridized carbons (Fsp3) is 0.273. The number of rotatable bonds is 3. The summed E-state index contributed by atoms with van der Waals surface area (Å²) in [6.07, 6.45) is 2.91. The minimum absolute atomic E-state index is 0.185. The van der Waals surface area contributed by atoms with Crippen LogP contribution in [0.4, 0.5) is 0 Å². The minimum atomic E-state index is -0.185. The maximum Gasteiger partial charge on any atom is 0.254 e. The molecule has 1 N–H and O–H groups in total. The molecule has 2 rings (SSSR count). The summed E-state index contributed by atoms with van der Waals surface area (Å²) in [6, 6.07) is 0. The number of aryl methyl sites for hydroxylation is 1. The Balaban J connectivity index is 2.31. The molecule has 0 saturated carbocycles. The van der Waals surface area contributed by atoms with E-state index in [1.54, 1.807) is 6.92 Å². The molecule has 2 aromatic heterocycles. The third-order valence-corrected chi connectivity index (χ3v) is 2.34. The summed E-state index contributed by atoms with van der Waals surface area (Å²) in [5, 5.41) is 6.76. The highest BCUT2D eigenvalue weighted by atomic mass is 16.1. The number of carbonyl (C=O) groups is 1. The molecule has 2 aromatic rings. The summed E-state index contributed by atoms with van der Waals surface area (Å²) in [4.78, 5) is 19.9. The van der Waals surface area contributed by atoms with Crippen LogP contribution in [0, 0.1) is 6.92 Å². The van der Waals surface area contributed by atoms with Crippen LogP contribution in [0.25, 0.3) is 5.78 Å². The maximum absolute atomic E-state index is 11.9. The van der Waals surface area contributed by atoms with Crippen LogP contribution in [0.2, 0.25) is 0 Å². The maximum atomic E-state index is 11.9. The summed E-state index contributed by atoms with van der Waals surface area (Å²) < 4.78 is 1.54. The van der Waals surface area contributed by atoms with Crippen molar-refractivity contribution < 1.29 is 4.79 Å². The van der Waals surface area contributed by atoms with Crippen molar-refractivity contribution in [2.75, 3.05) is 6.54 Å². The molecule has 6 nitrogen and oxygen atoms in total. The van der Waals surface area contributed by atoms with E-state index >= 15 is 0 Å². The van der Waals surface area contributed by atoms with Crippen molar-refractivity contribution in [3.05, 3.63) is 35.9 Å². The fourth-order valence-electron chi connectivity index (χ4n) is 1.44. The predicted octanol–water partition coefficient (Wildman–Crippen LogP) is 0.739. The first-order valence-corrected chi connectivity index (χ1v) is 5.17. The molecule has 0 aliphatic rings. The van der Waals surface area contributed by atoms with Crippen molar-refractivity contribution >= 4 is 11.7 Å². The van der Waals surface area contributed by atoms with Crippen molar-refractivity contribution in [2.45, 2.75) is 13.8 Å². The highest BCUT2D eigenvalue weighted by Gasteiger charge is 2.12. The van der Waals surface area contributed by atoms with Gasteiger partial charge in [-0.05, 0) is 13.8 Å². The first-order valence-electron chi connectivity index (χ1n) is 5.17. The van der Waals surface area contributed by atoms with Crippen molar-refractivity contribution in [1.29, 1.82) is 0 Å². The molecule has 0 spiro atoms. The van der Waals surface area contributed by atoms with E-state index in [0.29, 0.717) is 23.6 Å². The first kappa shape index (κ1) is 11.3. The zero-order chi connectivity index (χ0) is 12.4. The molecule has 1 amide bonds. The largest absolute Gasteiger partial charge is 0.348 e. The van der Waals surface area contributed by atoms with Gasteiger partial charge in [0.15, 0.2) is 0 Å². The molecule has 0 unspecified atom stereocenters. The van der Waals surface area contributed by atoms with E-state index in [2.05, 4.69) is 27.0 Å². The van der Waals surface area contributed by atoms with Crippen LogP contribution in [-0.2, 0) is 0 Å². The molecule has 0 aliphatic carbocycles. The van der Waals surface area contributed by atoms with Crippen molar-refractivity contribution in [3.63, 3.8) is 0 Å². The van der Waals surface area contributed by atoms with Crippen molar-refractivity contribution in [1.82, 2.24) is 24.9 Å². The Kier molecular flexibility index (Phi) is 2.86. The van der Waals surface area contributed by atoms with Crippen LogP contribution >= 0.6 is 0 Å². The van der Waals surface area contributed by atoms with E-state index in [4.69, 9.17) is 0 Å². The number of nitrogens with zero attached hydrogens (tertiary/aromatic N) is 4. The van der Waals surface area contributed by atoms with Gasteiger partial charge in [-0.15, -0.1) is 0 Å². The van der Waals surface area contributed by atoms with E-state index in [1.165, 1.54) is 17.0 Å². The van der Waals surface area contributed by atoms with E-state index in [0.717, 1.165) is 5.57 Å². The van der Waals surface area contributed by atoms with Gasteiger partial charge in [-0.25, -0.2) is 9.50 Å². The molecule has 0 atom stereocenters. The zero-order valence-corrected chi connectivity index (χ0v) is 9.77. The van der Waals surface area contributed by atoms with E-state index in [1.807, 2.05) is 6.92 Å². The van der Waals surface area contributed by atoms with Crippen LogP contribution in [0.3, 0.4) is 0 Å². The van der Waals surface area contributed by atoms with Gasteiger partial charge in [-0.3, -0.25) is 4.79 Å². The minimum Gasteiger partial charge on any atom is -0.348 e. The topological polar surface area (TPSA) is 72.2 Å². The summed E-state index contributed by atoms with van der Waals surface area (Å²) in [5.74, 6) is 0.300. The Hall–Kier alpha value is -2.24. The smallest absolute Gasteiger partial charge is 0.254 e. The lowest BCUT2D eigenvalue weighted by Gasteiger charge is -2.07. The van der Waals surface area contributed by atoms with Gasteiger partial charge in [0.05, 0.1) is 11.3 Å². The molecule has 0 fully saturated rings. The highest BCUT2D eigenvalue weighted by molar-refractivity contribution is 5.95. The van der Waals surface area contributed by atoms with Gasteiger partial charge >= 0.3 is 0 Å². The van der Waals surface area contributed by atoms with Gasteiger partial charge in [0.1, 0.15) is 6.33 Å². The Labute approximate surface area is 98.4 Å². The molecule has 0 aliphatic heterocycles. The Morgan fingerprint density at radius 2 is 2.29 bits per heavy atom. The number of hydrogen-bond donors (Lipinski definition) is 1. The van der Waals surface area contributed by atoms with Crippen LogP contribution in [-0.4, -0.2) is 32.0 Å². The number of fused-ring (bicyclic) bond motifs is 1. The first-order chi connectivity index (χ1) is 8.09. The molecular weight excluding hydrogens is 218 g/mol. The summed E-state index contributed by atoms with van der Waals surface area (Å²) >= 11 is 0. The van der Waals surface area contributed by atoms with Gasteiger partial charge in [-0.1, -0.05) is 12.2 Å². The van der Waals surface area contributed by atoms with Crippen LogP contribution < -0.4 is 5.32 Å². The van der Waals surface area contributed by atoms with Gasteiger partial charge in [0.2, 0.25) is 0 Å². The fourth-order valence-corrected chi connectivity index (χ4v) is 1.44. The Morgan fingerprint density at radius 3 is 3.00 bits per heavy atom. The molecule has 0 saturated heterocycles. The van der Waals surface area contributed by atoms with Crippen LogP contribution in [0.15, 0.2) is 24.7 Å². The van der Waals surface area contributed by atoms with Crippen LogP contribution in [0.5, 0.6) is 0 Å². The number of amides is 1. The molecule has 6 heteroatoms. The normalized spacial score (nSPS) is 10.5. The molecule has 0 aromatic carbocycles. The molecule has 88 valence electrons. The van der Waals surface area contributed by atoms with Gasteiger partial charge in [-0.2, -0.15) is 10.1 Å². The average Bonchev–Trinajstić information content (AvgIpc) is 2.75. The standard InChI is InChI=1S/C11H13N5O/c1-7(2)4-12-10(17)9-5-13-11-14-6-15-16(11)8(9)3/h5-6H,1,4H2,2-3H3,(H,12,17). The third kappa shape index (κ3) is 2.15. The second-order valence-corrected chi connectivity index (χ2v) is 3.87. The SMILES string of the molecule is C=C(C)CNC(=O)c1cnc2ncnn2c1C.